The third-order valence-corrected chi connectivity index (χ3v) is 8.02. The van der Waals surface area contributed by atoms with E-state index >= 15 is 0 Å². The van der Waals surface area contributed by atoms with Gasteiger partial charge in [-0.2, -0.15) is 0 Å². The molecule has 11 heteroatoms. The van der Waals surface area contributed by atoms with Crippen LogP contribution < -0.4 is 21.7 Å². The topological polar surface area (TPSA) is 148 Å². The van der Waals surface area contributed by atoms with Gasteiger partial charge in [-0.25, -0.2) is 4.98 Å². The summed E-state index contributed by atoms with van der Waals surface area (Å²) in [6.45, 7) is 3.59. The van der Waals surface area contributed by atoms with Crippen LogP contribution in [-0.2, 0) is 29.3 Å². The molecule has 4 aliphatic rings. The van der Waals surface area contributed by atoms with Crippen LogP contribution >= 0.6 is 0 Å². The number of carbonyl (C=O) groups excluding carboxylic acids is 3. The van der Waals surface area contributed by atoms with Crippen LogP contribution in [0.1, 0.15) is 51.0 Å². The lowest BCUT2D eigenvalue weighted by Gasteiger charge is -2.33. The molecule has 194 valence electrons. The number of fused-ring (bicyclic) bond motifs is 2. The largest absolute Gasteiger partial charge is 0.478 e. The molecule has 0 bridgehead atoms. The molecular weight excluding hydrogens is 464 g/mol. The van der Waals surface area contributed by atoms with Gasteiger partial charge < -0.3 is 36.1 Å². The highest BCUT2D eigenvalue weighted by Gasteiger charge is 2.48. The first-order valence-electron chi connectivity index (χ1n) is 12.7. The van der Waals surface area contributed by atoms with E-state index in [4.69, 9.17) is 15.2 Å². The van der Waals surface area contributed by atoms with Crippen molar-refractivity contribution in [3.8, 4) is 0 Å². The molecule has 4 heterocycles. The number of nitrogens with two attached hydrogens (primary N) is 1. The second-order valence-electron chi connectivity index (χ2n) is 10.2. The van der Waals surface area contributed by atoms with E-state index in [0.717, 1.165) is 31.2 Å². The summed E-state index contributed by atoms with van der Waals surface area (Å²) in [6.07, 6.45) is 7.93. The zero-order chi connectivity index (χ0) is 25.3. The summed E-state index contributed by atoms with van der Waals surface area (Å²) in [6, 6.07) is 0.957. The summed E-state index contributed by atoms with van der Waals surface area (Å²) >= 11 is 0. The first-order valence-corrected chi connectivity index (χ1v) is 12.7. The third kappa shape index (κ3) is 4.53. The maximum atomic E-state index is 13.5. The van der Waals surface area contributed by atoms with Gasteiger partial charge in [0.1, 0.15) is 23.8 Å². The molecule has 3 aliphatic heterocycles. The number of nitrogens with zero attached hydrogens (tertiary/aromatic N) is 2. The minimum absolute atomic E-state index is 0.000892. The van der Waals surface area contributed by atoms with Crippen molar-refractivity contribution in [1.29, 1.82) is 0 Å². The van der Waals surface area contributed by atoms with E-state index in [1.165, 1.54) is 6.26 Å². The molecule has 1 saturated carbocycles. The van der Waals surface area contributed by atoms with Crippen molar-refractivity contribution in [2.75, 3.05) is 37.2 Å². The van der Waals surface area contributed by atoms with Crippen molar-refractivity contribution < 1.29 is 23.9 Å². The fraction of sp³-hybridized carbons (Fsp3) is 0.600. The first kappa shape index (κ1) is 24.5. The van der Waals surface area contributed by atoms with Gasteiger partial charge in [0.2, 0.25) is 11.8 Å². The quantitative estimate of drug-likeness (QED) is 0.460. The van der Waals surface area contributed by atoms with Crippen LogP contribution in [-0.4, -0.2) is 60.3 Å². The van der Waals surface area contributed by atoms with Crippen LogP contribution in [0.25, 0.3) is 0 Å². The lowest BCUT2D eigenvalue weighted by Crippen LogP contribution is -2.51. The van der Waals surface area contributed by atoms with E-state index in [1.54, 1.807) is 17.2 Å². The number of rotatable bonds is 6. The summed E-state index contributed by atoms with van der Waals surface area (Å²) in [7, 11) is 0. The van der Waals surface area contributed by atoms with Crippen molar-refractivity contribution >= 4 is 29.2 Å². The fourth-order valence-electron chi connectivity index (χ4n) is 5.72. The van der Waals surface area contributed by atoms with E-state index in [-0.39, 0.29) is 31.1 Å². The SMILES string of the molecule is CC1CCC(C(NC(=O)C2=COCN2CN)C(=O)Nc2cc3c(cn2)C2(CCOCC2)C(=O)N3)CC1. The number of amides is 3. The Balaban J connectivity index is 1.33. The van der Waals surface area contributed by atoms with Crippen molar-refractivity contribution in [2.45, 2.75) is 56.9 Å². The molecule has 0 radical (unpaired) electrons. The fourth-order valence-corrected chi connectivity index (χ4v) is 5.72. The van der Waals surface area contributed by atoms with Crippen molar-refractivity contribution in [1.82, 2.24) is 15.2 Å². The Morgan fingerprint density at radius 1 is 1.28 bits per heavy atom. The summed E-state index contributed by atoms with van der Waals surface area (Å²) in [5.74, 6) is 0.145. The monoisotopic (exact) mass is 498 g/mol. The van der Waals surface area contributed by atoms with E-state index in [2.05, 4.69) is 27.9 Å². The maximum Gasteiger partial charge on any atom is 0.271 e. The number of aromatic nitrogens is 1. The minimum Gasteiger partial charge on any atom is -0.478 e. The molecule has 0 aromatic carbocycles. The average molecular weight is 499 g/mol. The van der Waals surface area contributed by atoms with Crippen LogP contribution in [0.15, 0.2) is 24.2 Å². The van der Waals surface area contributed by atoms with Gasteiger partial charge in [-0.05, 0) is 37.5 Å². The van der Waals surface area contributed by atoms with Crippen molar-refractivity contribution in [2.24, 2.45) is 17.6 Å². The normalized spacial score (nSPS) is 25.4. The van der Waals surface area contributed by atoms with E-state index in [1.807, 2.05) is 0 Å². The Morgan fingerprint density at radius 2 is 2.03 bits per heavy atom. The predicted octanol–water partition coefficient (Wildman–Crippen LogP) is 1.38. The lowest BCUT2D eigenvalue weighted by molar-refractivity contribution is -0.126. The molecule has 1 atom stereocenters. The zero-order valence-corrected chi connectivity index (χ0v) is 20.5. The molecule has 1 unspecified atom stereocenters. The van der Waals surface area contributed by atoms with Gasteiger partial charge in [-0.3, -0.25) is 14.4 Å². The standard InChI is InChI=1S/C25H34N6O5/c1-15-2-4-16(5-3-15)21(30-22(32)19-12-36-14-31(19)13-26)23(33)29-20-10-18-17(11-27-20)25(24(34)28-18)6-8-35-9-7-25/h10-12,15-16,21H,2-9,13-14,26H2,1H3,(H,28,34)(H,30,32)(H,27,29,33). The molecule has 11 nitrogen and oxygen atoms in total. The van der Waals surface area contributed by atoms with Crippen LogP contribution in [0.2, 0.25) is 0 Å². The maximum absolute atomic E-state index is 13.5. The summed E-state index contributed by atoms with van der Waals surface area (Å²) in [5.41, 5.74) is 6.91. The molecule has 1 aromatic rings. The Hall–Kier alpha value is -3.18. The number of pyridine rings is 1. The highest BCUT2D eigenvalue weighted by atomic mass is 16.5. The molecule has 36 heavy (non-hydrogen) atoms. The number of hydrogen-bond donors (Lipinski definition) is 4. The molecule has 5 rings (SSSR count). The second-order valence-corrected chi connectivity index (χ2v) is 10.2. The van der Waals surface area contributed by atoms with E-state index < -0.39 is 17.4 Å². The Kier molecular flexibility index (Phi) is 6.85. The van der Waals surface area contributed by atoms with Crippen LogP contribution in [0.3, 0.4) is 0 Å². The van der Waals surface area contributed by atoms with Crippen LogP contribution in [0.4, 0.5) is 11.5 Å². The highest BCUT2D eigenvalue weighted by molar-refractivity contribution is 6.07. The van der Waals surface area contributed by atoms with Gasteiger partial charge in [0.15, 0.2) is 6.73 Å². The predicted molar refractivity (Wildman–Crippen MR) is 131 cm³/mol. The van der Waals surface area contributed by atoms with Crippen molar-refractivity contribution in [3.63, 3.8) is 0 Å². The Morgan fingerprint density at radius 3 is 2.75 bits per heavy atom. The Bertz CT molecular complexity index is 1060. The van der Waals surface area contributed by atoms with Crippen LogP contribution in [0.5, 0.6) is 0 Å². The van der Waals surface area contributed by atoms with Gasteiger partial charge >= 0.3 is 0 Å². The molecule has 5 N–H and O–H groups in total. The summed E-state index contributed by atoms with van der Waals surface area (Å²) in [5, 5.41) is 8.76. The number of hydrogen-bond acceptors (Lipinski definition) is 8. The second kappa shape index (κ2) is 10.1. The number of nitrogens with one attached hydrogen (secondary N) is 3. The Labute approximate surface area is 210 Å². The number of ether oxygens (including phenoxy) is 2. The molecule has 2 fully saturated rings. The van der Waals surface area contributed by atoms with Gasteiger partial charge in [0.25, 0.3) is 5.91 Å². The smallest absolute Gasteiger partial charge is 0.271 e. The van der Waals surface area contributed by atoms with Crippen LogP contribution in [0, 0.1) is 11.8 Å². The van der Waals surface area contributed by atoms with E-state index in [0.29, 0.717) is 49.2 Å². The van der Waals surface area contributed by atoms with Gasteiger partial charge in [0, 0.05) is 31.0 Å². The average Bonchev–Trinajstić information content (AvgIpc) is 3.46. The molecular formula is C25H34N6O5. The van der Waals surface area contributed by atoms with Gasteiger partial charge in [0.05, 0.1) is 17.8 Å². The molecule has 1 saturated heterocycles. The van der Waals surface area contributed by atoms with Crippen molar-refractivity contribution in [3.05, 3.63) is 29.8 Å². The van der Waals surface area contributed by atoms with Gasteiger partial charge in [-0.1, -0.05) is 19.8 Å². The lowest BCUT2D eigenvalue weighted by atomic mass is 9.76. The molecule has 1 aromatic heterocycles. The minimum atomic E-state index is -0.738. The first-order chi connectivity index (χ1) is 17.4. The number of carbonyl (C=O) groups is 3. The highest BCUT2D eigenvalue weighted by Crippen LogP contribution is 2.44. The molecule has 1 spiro atoms. The molecule has 1 aliphatic carbocycles. The van der Waals surface area contributed by atoms with E-state index in [9.17, 15) is 14.4 Å². The summed E-state index contributed by atoms with van der Waals surface area (Å²) in [4.78, 5) is 45.4. The summed E-state index contributed by atoms with van der Waals surface area (Å²) < 4.78 is 10.7. The zero-order valence-electron chi connectivity index (χ0n) is 20.5. The van der Waals surface area contributed by atoms with Gasteiger partial charge in [-0.15, -0.1) is 0 Å². The third-order valence-electron chi connectivity index (χ3n) is 8.02. The number of anilines is 2. The molecule has 3 amide bonds.